The SMILES string of the molecule is [c]1cccc(Nc2ccccc2)c1. The van der Waals surface area contributed by atoms with Crippen LogP contribution in [0.5, 0.6) is 0 Å². The highest BCUT2D eigenvalue weighted by molar-refractivity contribution is 5.58. The van der Waals surface area contributed by atoms with Crippen molar-refractivity contribution in [3.63, 3.8) is 0 Å². The number of benzene rings is 2. The molecule has 0 aliphatic heterocycles. The summed E-state index contributed by atoms with van der Waals surface area (Å²) < 4.78 is 0. The summed E-state index contributed by atoms with van der Waals surface area (Å²) in [6, 6.07) is 20.9. The Morgan fingerprint density at radius 2 is 1.62 bits per heavy atom. The van der Waals surface area contributed by atoms with Crippen LogP contribution in [0.3, 0.4) is 0 Å². The van der Waals surface area contributed by atoms with E-state index in [2.05, 4.69) is 11.4 Å². The van der Waals surface area contributed by atoms with Crippen molar-refractivity contribution in [3.8, 4) is 0 Å². The van der Waals surface area contributed by atoms with Gasteiger partial charge in [-0.3, -0.25) is 0 Å². The number of anilines is 2. The number of para-hydroxylation sites is 1. The molecule has 0 unspecified atom stereocenters. The van der Waals surface area contributed by atoms with Crippen molar-refractivity contribution in [2.24, 2.45) is 0 Å². The Hall–Kier alpha value is -1.76. The van der Waals surface area contributed by atoms with Gasteiger partial charge in [-0.1, -0.05) is 30.3 Å². The highest BCUT2D eigenvalue weighted by Crippen LogP contribution is 2.14. The van der Waals surface area contributed by atoms with Crippen LogP contribution in [0.25, 0.3) is 0 Å². The molecule has 0 atom stereocenters. The van der Waals surface area contributed by atoms with Crippen molar-refractivity contribution >= 4 is 11.4 Å². The van der Waals surface area contributed by atoms with E-state index < -0.39 is 0 Å². The van der Waals surface area contributed by atoms with Crippen molar-refractivity contribution in [2.45, 2.75) is 0 Å². The summed E-state index contributed by atoms with van der Waals surface area (Å²) in [4.78, 5) is 0. The summed E-state index contributed by atoms with van der Waals surface area (Å²) in [6.45, 7) is 0. The zero-order valence-corrected chi connectivity index (χ0v) is 7.20. The molecular formula is C12H10N. The predicted octanol–water partition coefficient (Wildman–Crippen LogP) is 3.23. The smallest absolute Gasteiger partial charge is 0.0390 e. The summed E-state index contributed by atoms with van der Waals surface area (Å²) in [7, 11) is 0. The fourth-order valence-electron chi connectivity index (χ4n) is 1.16. The summed E-state index contributed by atoms with van der Waals surface area (Å²) in [5, 5.41) is 3.27. The molecule has 1 radical (unpaired) electrons. The third-order valence-corrected chi connectivity index (χ3v) is 1.77. The predicted molar refractivity (Wildman–Crippen MR) is 55.0 cm³/mol. The van der Waals surface area contributed by atoms with Gasteiger partial charge in [-0.2, -0.15) is 0 Å². The van der Waals surface area contributed by atoms with E-state index in [-0.39, 0.29) is 0 Å². The largest absolute Gasteiger partial charge is 0.356 e. The monoisotopic (exact) mass is 168 g/mol. The van der Waals surface area contributed by atoms with Gasteiger partial charge >= 0.3 is 0 Å². The Labute approximate surface area is 78.0 Å². The van der Waals surface area contributed by atoms with Crippen molar-refractivity contribution < 1.29 is 0 Å². The standard InChI is InChI=1S/C12H10N/c1-3-7-11(8-4-1)13-12-9-5-2-6-10-12/h1-5,7-10,13H. The highest BCUT2D eigenvalue weighted by Gasteiger charge is 1.90. The van der Waals surface area contributed by atoms with Gasteiger partial charge in [0.15, 0.2) is 0 Å². The summed E-state index contributed by atoms with van der Waals surface area (Å²) in [5.74, 6) is 0. The maximum absolute atomic E-state index is 3.27. The fourth-order valence-corrected chi connectivity index (χ4v) is 1.16. The second kappa shape index (κ2) is 3.76. The van der Waals surface area contributed by atoms with Crippen molar-refractivity contribution in [1.29, 1.82) is 0 Å². The van der Waals surface area contributed by atoms with E-state index in [0.29, 0.717) is 0 Å². The van der Waals surface area contributed by atoms with Gasteiger partial charge in [0, 0.05) is 11.4 Å². The van der Waals surface area contributed by atoms with Crippen LogP contribution in [0.1, 0.15) is 0 Å². The molecule has 0 heterocycles. The Morgan fingerprint density at radius 1 is 0.846 bits per heavy atom. The van der Waals surface area contributed by atoms with Crippen molar-refractivity contribution in [2.75, 3.05) is 5.32 Å². The van der Waals surface area contributed by atoms with Crippen molar-refractivity contribution in [3.05, 3.63) is 60.7 Å². The van der Waals surface area contributed by atoms with E-state index in [4.69, 9.17) is 0 Å². The van der Waals surface area contributed by atoms with Gasteiger partial charge in [-0.25, -0.2) is 0 Å². The molecule has 0 saturated heterocycles. The number of rotatable bonds is 2. The third-order valence-electron chi connectivity index (χ3n) is 1.77. The molecule has 1 heteroatoms. The molecule has 1 nitrogen and oxygen atoms in total. The minimum Gasteiger partial charge on any atom is -0.356 e. The van der Waals surface area contributed by atoms with Crippen LogP contribution in [-0.4, -0.2) is 0 Å². The molecular weight excluding hydrogens is 158 g/mol. The van der Waals surface area contributed by atoms with E-state index in [1.54, 1.807) is 0 Å². The van der Waals surface area contributed by atoms with Gasteiger partial charge in [-0.05, 0) is 30.3 Å². The molecule has 2 aromatic carbocycles. The Balaban J connectivity index is 2.16. The molecule has 2 rings (SSSR count). The van der Waals surface area contributed by atoms with Gasteiger partial charge in [0.25, 0.3) is 0 Å². The van der Waals surface area contributed by atoms with Crippen molar-refractivity contribution in [1.82, 2.24) is 0 Å². The first kappa shape index (κ1) is 7.87. The highest BCUT2D eigenvalue weighted by atomic mass is 14.9. The molecule has 13 heavy (non-hydrogen) atoms. The Morgan fingerprint density at radius 3 is 2.31 bits per heavy atom. The van der Waals surface area contributed by atoms with Gasteiger partial charge in [0.2, 0.25) is 0 Å². The lowest BCUT2D eigenvalue weighted by Crippen LogP contribution is -1.87. The van der Waals surface area contributed by atoms with Crippen LogP contribution in [0, 0.1) is 6.07 Å². The van der Waals surface area contributed by atoms with Crippen LogP contribution in [0.2, 0.25) is 0 Å². The summed E-state index contributed by atoms with van der Waals surface area (Å²) in [5.41, 5.74) is 2.16. The molecule has 0 bridgehead atoms. The van der Waals surface area contributed by atoms with E-state index in [0.717, 1.165) is 11.4 Å². The van der Waals surface area contributed by atoms with Gasteiger partial charge < -0.3 is 5.32 Å². The lowest BCUT2D eigenvalue weighted by molar-refractivity contribution is 1.55. The van der Waals surface area contributed by atoms with Gasteiger partial charge in [-0.15, -0.1) is 0 Å². The quantitative estimate of drug-likeness (QED) is 0.725. The normalized spacial score (nSPS) is 9.54. The average Bonchev–Trinajstić information content (AvgIpc) is 2.21. The topological polar surface area (TPSA) is 12.0 Å². The zero-order valence-electron chi connectivity index (χ0n) is 7.20. The molecule has 0 fully saturated rings. The zero-order chi connectivity index (χ0) is 8.93. The maximum Gasteiger partial charge on any atom is 0.0390 e. The second-order valence-electron chi connectivity index (χ2n) is 2.78. The summed E-state index contributed by atoms with van der Waals surface area (Å²) >= 11 is 0. The van der Waals surface area contributed by atoms with Crippen LogP contribution in [0.4, 0.5) is 11.4 Å². The van der Waals surface area contributed by atoms with Crippen LogP contribution in [0.15, 0.2) is 54.6 Å². The molecule has 2 aromatic rings. The Bertz CT molecular complexity index is 316. The first-order valence-corrected chi connectivity index (χ1v) is 4.23. The molecule has 0 saturated carbocycles. The number of nitrogens with one attached hydrogen (secondary N) is 1. The van der Waals surface area contributed by atoms with E-state index in [1.807, 2.05) is 54.6 Å². The minimum atomic E-state index is 1.06. The van der Waals surface area contributed by atoms with Crippen LogP contribution >= 0.6 is 0 Å². The van der Waals surface area contributed by atoms with E-state index in [9.17, 15) is 0 Å². The first-order chi connectivity index (χ1) is 6.45. The first-order valence-electron chi connectivity index (χ1n) is 4.23. The van der Waals surface area contributed by atoms with Gasteiger partial charge in [0.1, 0.15) is 0 Å². The van der Waals surface area contributed by atoms with E-state index >= 15 is 0 Å². The molecule has 0 aliphatic carbocycles. The molecule has 0 aromatic heterocycles. The van der Waals surface area contributed by atoms with E-state index in [1.165, 1.54) is 0 Å². The lowest BCUT2D eigenvalue weighted by Gasteiger charge is -2.04. The minimum absolute atomic E-state index is 1.06. The number of hydrogen-bond acceptors (Lipinski definition) is 1. The third kappa shape index (κ3) is 2.09. The molecule has 1 N–H and O–H groups in total. The number of hydrogen-bond donors (Lipinski definition) is 1. The maximum atomic E-state index is 3.27. The summed E-state index contributed by atoms with van der Waals surface area (Å²) in [6.07, 6.45) is 0. The molecule has 63 valence electrons. The Kier molecular flexibility index (Phi) is 2.28. The average molecular weight is 168 g/mol. The molecule has 0 amide bonds. The molecule has 0 aliphatic rings. The second-order valence-corrected chi connectivity index (χ2v) is 2.78. The van der Waals surface area contributed by atoms with Crippen LogP contribution < -0.4 is 5.32 Å². The molecule has 0 spiro atoms. The lowest BCUT2D eigenvalue weighted by atomic mass is 10.3. The van der Waals surface area contributed by atoms with Crippen LogP contribution in [-0.2, 0) is 0 Å². The fraction of sp³-hybridized carbons (Fsp3) is 0. The van der Waals surface area contributed by atoms with Gasteiger partial charge in [0.05, 0.1) is 0 Å².